The first kappa shape index (κ1) is 13.8. The summed E-state index contributed by atoms with van der Waals surface area (Å²) in [4.78, 5) is 12.4. The highest BCUT2D eigenvalue weighted by Gasteiger charge is 2.36. The molecule has 104 valence electrons. The Hall–Kier alpha value is -0.610. The van der Waals surface area contributed by atoms with Gasteiger partial charge in [-0.15, -0.1) is 0 Å². The fourth-order valence-electron chi connectivity index (χ4n) is 3.28. The molecule has 18 heavy (non-hydrogen) atoms. The standard InChI is InChI=1S/C14H26N2O2/c1-18-11-14(7-2-3-8-14)16-13(17)12-5-4-9-15-10-6-12/h12,15H,2-11H2,1H3,(H,16,17). The highest BCUT2D eigenvalue weighted by atomic mass is 16.5. The molecule has 0 spiro atoms. The number of hydrogen-bond acceptors (Lipinski definition) is 3. The Labute approximate surface area is 110 Å². The third-order valence-corrected chi connectivity index (χ3v) is 4.32. The molecule has 0 aromatic carbocycles. The van der Waals surface area contributed by atoms with Gasteiger partial charge in [-0.3, -0.25) is 4.79 Å². The Kier molecular flexibility index (Phi) is 5.01. The predicted molar refractivity (Wildman–Crippen MR) is 71.4 cm³/mol. The average molecular weight is 254 g/mol. The first-order valence-electron chi connectivity index (χ1n) is 7.27. The van der Waals surface area contributed by atoms with Crippen LogP contribution in [-0.2, 0) is 9.53 Å². The molecule has 1 aliphatic carbocycles. The van der Waals surface area contributed by atoms with Gasteiger partial charge in [0.05, 0.1) is 12.1 Å². The van der Waals surface area contributed by atoms with Gasteiger partial charge >= 0.3 is 0 Å². The second-order valence-corrected chi connectivity index (χ2v) is 5.79. The van der Waals surface area contributed by atoms with E-state index in [4.69, 9.17) is 4.74 Å². The smallest absolute Gasteiger partial charge is 0.223 e. The fourth-order valence-corrected chi connectivity index (χ4v) is 3.28. The lowest BCUT2D eigenvalue weighted by molar-refractivity contribution is -0.128. The third-order valence-electron chi connectivity index (χ3n) is 4.32. The van der Waals surface area contributed by atoms with Crippen molar-refractivity contribution in [2.24, 2.45) is 5.92 Å². The van der Waals surface area contributed by atoms with E-state index in [0.29, 0.717) is 6.61 Å². The van der Waals surface area contributed by atoms with Crippen LogP contribution in [0.1, 0.15) is 44.9 Å². The topological polar surface area (TPSA) is 50.4 Å². The van der Waals surface area contributed by atoms with Crippen LogP contribution in [0.3, 0.4) is 0 Å². The summed E-state index contributed by atoms with van der Waals surface area (Å²) >= 11 is 0. The van der Waals surface area contributed by atoms with Gasteiger partial charge in [0.25, 0.3) is 0 Å². The van der Waals surface area contributed by atoms with E-state index < -0.39 is 0 Å². The quantitative estimate of drug-likeness (QED) is 0.798. The Morgan fingerprint density at radius 1 is 1.28 bits per heavy atom. The number of nitrogens with one attached hydrogen (secondary N) is 2. The van der Waals surface area contributed by atoms with E-state index in [9.17, 15) is 4.79 Å². The maximum absolute atomic E-state index is 12.4. The van der Waals surface area contributed by atoms with Crippen LogP contribution in [0.25, 0.3) is 0 Å². The van der Waals surface area contributed by atoms with E-state index in [-0.39, 0.29) is 17.4 Å². The molecule has 1 unspecified atom stereocenters. The number of carbonyl (C=O) groups excluding carboxylic acids is 1. The van der Waals surface area contributed by atoms with Crippen molar-refractivity contribution in [2.75, 3.05) is 26.8 Å². The lowest BCUT2D eigenvalue weighted by Crippen LogP contribution is -2.51. The van der Waals surface area contributed by atoms with Crippen LogP contribution in [0.4, 0.5) is 0 Å². The number of amides is 1. The average Bonchev–Trinajstić information content (AvgIpc) is 2.66. The predicted octanol–water partition coefficient (Wildman–Crippen LogP) is 1.45. The van der Waals surface area contributed by atoms with Gasteiger partial charge in [0.1, 0.15) is 0 Å². The van der Waals surface area contributed by atoms with Crippen molar-refractivity contribution >= 4 is 5.91 Å². The first-order chi connectivity index (χ1) is 8.76. The largest absolute Gasteiger partial charge is 0.382 e. The van der Waals surface area contributed by atoms with Gasteiger partial charge in [0.2, 0.25) is 5.91 Å². The van der Waals surface area contributed by atoms with Gasteiger partial charge in [-0.05, 0) is 45.2 Å². The molecular weight excluding hydrogens is 228 g/mol. The Morgan fingerprint density at radius 3 is 2.78 bits per heavy atom. The van der Waals surface area contributed by atoms with Gasteiger partial charge in [0, 0.05) is 13.0 Å². The summed E-state index contributed by atoms with van der Waals surface area (Å²) in [6.45, 7) is 2.67. The van der Waals surface area contributed by atoms with Gasteiger partial charge in [-0.2, -0.15) is 0 Å². The number of carbonyl (C=O) groups is 1. The Morgan fingerprint density at radius 2 is 2.06 bits per heavy atom. The normalized spacial score (nSPS) is 27.7. The summed E-state index contributed by atoms with van der Waals surface area (Å²) in [5.74, 6) is 0.437. The SMILES string of the molecule is COCC1(NC(=O)C2CCCNCC2)CCCC1. The molecule has 0 bridgehead atoms. The molecule has 1 atom stereocenters. The number of hydrogen-bond donors (Lipinski definition) is 2. The fraction of sp³-hybridized carbons (Fsp3) is 0.929. The zero-order valence-electron chi connectivity index (χ0n) is 11.5. The van der Waals surface area contributed by atoms with E-state index in [1.165, 1.54) is 12.8 Å². The second kappa shape index (κ2) is 6.53. The van der Waals surface area contributed by atoms with Crippen LogP contribution < -0.4 is 10.6 Å². The molecule has 0 radical (unpaired) electrons. The molecule has 2 rings (SSSR count). The maximum Gasteiger partial charge on any atom is 0.223 e. The number of rotatable bonds is 4. The van der Waals surface area contributed by atoms with E-state index in [1.54, 1.807) is 7.11 Å². The van der Waals surface area contributed by atoms with Gasteiger partial charge in [-0.25, -0.2) is 0 Å². The zero-order valence-corrected chi connectivity index (χ0v) is 11.5. The Bertz CT molecular complexity index is 267. The Balaban J connectivity index is 1.91. The van der Waals surface area contributed by atoms with Gasteiger partial charge in [0.15, 0.2) is 0 Å². The lowest BCUT2D eigenvalue weighted by atomic mass is 9.94. The van der Waals surface area contributed by atoms with E-state index in [2.05, 4.69) is 10.6 Å². The van der Waals surface area contributed by atoms with Crippen molar-refractivity contribution in [3.05, 3.63) is 0 Å². The summed E-state index contributed by atoms with van der Waals surface area (Å²) < 4.78 is 5.31. The van der Waals surface area contributed by atoms with Crippen molar-refractivity contribution in [1.29, 1.82) is 0 Å². The van der Waals surface area contributed by atoms with E-state index >= 15 is 0 Å². The third kappa shape index (κ3) is 3.45. The van der Waals surface area contributed by atoms with Crippen molar-refractivity contribution in [1.82, 2.24) is 10.6 Å². The molecule has 2 N–H and O–H groups in total. The molecule has 1 heterocycles. The summed E-state index contributed by atoms with van der Waals surface area (Å²) in [7, 11) is 1.72. The molecule has 2 fully saturated rings. The monoisotopic (exact) mass is 254 g/mol. The minimum absolute atomic E-state index is 0.0778. The van der Waals surface area contributed by atoms with Crippen LogP contribution in [0.15, 0.2) is 0 Å². The highest BCUT2D eigenvalue weighted by molar-refractivity contribution is 5.79. The van der Waals surface area contributed by atoms with Crippen LogP contribution in [0.5, 0.6) is 0 Å². The van der Waals surface area contributed by atoms with Crippen LogP contribution in [-0.4, -0.2) is 38.3 Å². The van der Waals surface area contributed by atoms with Gasteiger partial charge < -0.3 is 15.4 Å². The molecule has 0 aromatic rings. The molecular formula is C14H26N2O2. The number of ether oxygens (including phenoxy) is 1. The minimum atomic E-state index is -0.0778. The van der Waals surface area contributed by atoms with E-state index in [1.807, 2.05) is 0 Å². The first-order valence-corrected chi connectivity index (χ1v) is 7.27. The zero-order chi connectivity index (χ0) is 12.8. The van der Waals surface area contributed by atoms with Crippen molar-refractivity contribution in [3.8, 4) is 0 Å². The molecule has 1 aliphatic heterocycles. The molecule has 4 heteroatoms. The van der Waals surface area contributed by atoms with Crippen LogP contribution in [0, 0.1) is 5.92 Å². The van der Waals surface area contributed by atoms with Crippen LogP contribution in [0.2, 0.25) is 0 Å². The number of methoxy groups -OCH3 is 1. The van der Waals surface area contributed by atoms with Crippen molar-refractivity contribution in [2.45, 2.75) is 50.5 Å². The van der Waals surface area contributed by atoms with Gasteiger partial charge in [-0.1, -0.05) is 12.8 Å². The summed E-state index contributed by atoms with van der Waals surface area (Å²) in [6, 6.07) is 0. The lowest BCUT2D eigenvalue weighted by Gasteiger charge is -2.31. The second-order valence-electron chi connectivity index (χ2n) is 5.79. The van der Waals surface area contributed by atoms with Crippen molar-refractivity contribution in [3.63, 3.8) is 0 Å². The minimum Gasteiger partial charge on any atom is -0.382 e. The van der Waals surface area contributed by atoms with Crippen LogP contribution >= 0.6 is 0 Å². The molecule has 1 saturated carbocycles. The molecule has 4 nitrogen and oxygen atoms in total. The van der Waals surface area contributed by atoms with Crippen molar-refractivity contribution < 1.29 is 9.53 Å². The molecule has 2 aliphatic rings. The maximum atomic E-state index is 12.4. The summed E-state index contributed by atoms with van der Waals surface area (Å²) in [5, 5.41) is 6.65. The summed E-state index contributed by atoms with van der Waals surface area (Å²) in [5.41, 5.74) is -0.0778. The highest BCUT2D eigenvalue weighted by Crippen LogP contribution is 2.30. The van der Waals surface area contributed by atoms with E-state index in [0.717, 1.165) is 45.2 Å². The molecule has 1 amide bonds. The summed E-state index contributed by atoms with van der Waals surface area (Å²) in [6.07, 6.45) is 7.63. The molecule has 1 saturated heterocycles. The molecule has 0 aromatic heterocycles.